The molecule has 0 aromatic rings. The van der Waals surface area contributed by atoms with E-state index in [0.29, 0.717) is 0 Å². The molecule has 0 saturated heterocycles. The van der Waals surface area contributed by atoms with Gasteiger partial charge in [-0.25, -0.2) is 9.59 Å². The summed E-state index contributed by atoms with van der Waals surface area (Å²) in [5.74, 6) is -1.09. The first-order valence-corrected chi connectivity index (χ1v) is 7.82. The lowest BCUT2D eigenvalue weighted by atomic mass is 9.89. The van der Waals surface area contributed by atoms with Gasteiger partial charge in [0.25, 0.3) is 0 Å². The number of hydrogen-bond donors (Lipinski definition) is 1. The zero-order valence-electron chi connectivity index (χ0n) is 13.3. The molecule has 124 valence electrons. The Morgan fingerprint density at radius 3 is 2.36 bits per heavy atom. The van der Waals surface area contributed by atoms with Crippen LogP contribution in [0.1, 0.15) is 46.0 Å². The zero-order chi connectivity index (χ0) is 16.4. The summed E-state index contributed by atoms with van der Waals surface area (Å²) in [6, 6.07) is 0. The molecule has 1 amide bonds. The molecule has 1 saturated carbocycles. The third-order valence-corrected chi connectivity index (χ3v) is 3.33. The first-order valence-electron chi connectivity index (χ1n) is 7.82. The van der Waals surface area contributed by atoms with Crippen LogP contribution in [0.4, 0.5) is 0 Å². The summed E-state index contributed by atoms with van der Waals surface area (Å²) < 4.78 is 9.72. The number of carbonyl (C=O) groups excluding carboxylic acids is 3. The second-order valence-electron chi connectivity index (χ2n) is 5.61. The van der Waals surface area contributed by atoms with E-state index in [1.165, 1.54) is 6.42 Å². The minimum atomic E-state index is -0.632. The number of esters is 2. The van der Waals surface area contributed by atoms with E-state index in [1.54, 1.807) is 13.8 Å². The zero-order valence-corrected chi connectivity index (χ0v) is 13.3. The maximum Gasteiger partial charge on any atom is 0.331 e. The SMILES string of the molecule is CC(C)OC(=O)/C=C/C(=O)OCCNC(=O)C1CCCCC1. The Bertz CT molecular complexity index is 411. The van der Waals surface area contributed by atoms with E-state index in [2.05, 4.69) is 5.32 Å². The van der Waals surface area contributed by atoms with Gasteiger partial charge in [-0.1, -0.05) is 19.3 Å². The molecule has 0 heterocycles. The molecule has 0 unspecified atom stereocenters. The Morgan fingerprint density at radius 1 is 1.09 bits per heavy atom. The van der Waals surface area contributed by atoms with Crippen molar-refractivity contribution in [2.75, 3.05) is 13.2 Å². The summed E-state index contributed by atoms with van der Waals surface area (Å²) in [6.07, 6.45) is 7.10. The average molecular weight is 311 g/mol. The number of amides is 1. The van der Waals surface area contributed by atoms with Crippen molar-refractivity contribution in [1.82, 2.24) is 5.32 Å². The van der Waals surface area contributed by atoms with Crippen LogP contribution < -0.4 is 5.32 Å². The third-order valence-electron chi connectivity index (χ3n) is 3.33. The van der Waals surface area contributed by atoms with Gasteiger partial charge in [-0.05, 0) is 26.7 Å². The largest absolute Gasteiger partial charge is 0.461 e. The Morgan fingerprint density at radius 2 is 1.73 bits per heavy atom. The van der Waals surface area contributed by atoms with Crippen molar-refractivity contribution in [2.24, 2.45) is 5.92 Å². The summed E-state index contributed by atoms with van der Waals surface area (Å²) in [5.41, 5.74) is 0. The van der Waals surface area contributed by atoms with Crippen molar-refractivity contribution in [3.8, 4) is 0 Å². The Balaban J connectivity index is 2.13. The summed E-state index contributed by atoms with van der Waals surface area (Å²) >= 11 is 0. The van der Waals surface area contributed by atoms with Gasteiger partial charge in [0.1, 0.15) is 6.61 Å². The molecule has 1 fully saturated rings. The second-order valence-corrected chi connectivity index (χ2v) is 5.61. The fourth-order valence-electron chi connectivity index (χ4n) is 2.29. The molecule has 1 aliphatic carbocycles. The van der Waals surface area contributed by atoms with E-state index >= 15 is 0 Å². The molecule has 0 aromatic heterocycles. The van der Waals surface area contributed by atoms with Crippen LogP contribution in [-0.2, 0) is 23.9 Å². The molecule has 1 N–H and O–H groups in total. The van der Waals surface area contributed by atoms with Crippen molar-refractivity contribution in [3.05, 3.63) is 12.2 Å². The first-order chi connectivity index (χ1) is 10.5. The van der Waals surface area contributed by atoms with E-state index in [0.717, 1.165) is 37.8 Å². The summed E-state index contributed by atoms with van der Waals surface area (Å²) in [5, 5.41) is 2.77. The molecular formula is C16H25NO5. The van der Waals surface area contributed by atoms with E-state index in [1.807, 2.05) is 0 Å². The quantitative estimate of drug-likeness (QED) is 0.440. The fourth-order valence-corrected chi connectivity index (χ4v) is 2.29. The number of nitrogens with one attached hydrogen (secondary N) is 1. The Hall–Kier alpha value is -1.85. The molecular weight excluding hydrogens is 286 g/mol. The molecule has 0 atom stereocenters. The average Bonchev–Trinajstić information content (AvgIpc) is 2.49. The van der Waals surface area contributed by atoms with Crippen LogP contribution in [0.5, 0.6) is 0 Å². The van der Waals surface area contributed by atoms with Crippen molar-refractivity contribution in [1.29, 1.82) is 0 Å². The molecule has 22 heavy (non-hydrogen) atoms. The summed E-state index contributed by atoms with van der Waals surface area (Å²) in [4.78, 5) is 34.4. The van der Waals surface area contributed by atoms with Gasteiger partial charge in [0.15, 0.2) is 0 Å². The van der Waals surface area contributed by atoms with E-state index < -0.39 is 11.9 Å². The lowest BCUT2D eigenvalue weighted by Gasteiger charge is -2.20. The van der Waals surface area contributed by atoms with Crippen LogP contribution in [0, 0.1) is 5.92 Å². The minimum Gasteiger partial charge on any atom is -0.461 e. The predicted molar refractivity (Wildman–Crippen MR) is 80.9 cm³/mol. The Labute approximate surface area is 131 Å². The van der Waals surface area contributed by atoms with Gasteiger partial charge in [-0.3, -0.25) is 4.79 Å². The van der Waals surface area contributed by atoms with E-state index in [-0.39, 0.29) is 31.1 Å². The molecule has 0 radical (unpaired) electrons. The highest BCUT2D eigenvalue weighted by molar-refractivity contribution is 5.91. The van der Waals surface area contributed by atoms with Crippen LogP contribution >= 0.6 is 0 Å². The third kappa shape index (κ3) is 7.81. The van der Waals surface area contributed by atoms with Gasteiger partial charge in [-0.15, -0.1) is 0 Å². The Kier molecular flexibility index (Phi) is 8.25. The van der Waals surface area contributed by atoms with Gasteiger partial charge >= 0.3 is 11.9 Å². The molecule has 0 bridgehead atoms. The number of rotatable bonds is 7. The smallest absolute Gasteiger partial charge is 0.331 e. The second kappa shape index (κ2) is 9.97. The lowest BCUT2D eigenvalue weighted by molar-refractivity contribution is -0.142. The van der Waals surface area contributed by atoms with Crippen LogP contribution in [0.15, 0.2) is 12.2 Å². The highest BCUT2D eigenvalue weighted by atomic mass is 16.5. The fraction of sp³-hybridized carbons (Fsp3) is 0.688. The van der Waals surface area contributed by atoms with Gasteiger partial charge in [-0.2, -0.15) is 0 Å². The van der Waals surface area contributed by atoms with Crippen molar-refractivity contribution in [2.45, 2.75) is 52.1 Å². The first kappa shape index (κ1) is 18.2. The maximum atomic E-state index is 11.8. The van der Waals surface area contributed by atoms with Gasteiger partial charge in [0, 0.05) is 18.1 Å². The highest BCUT2D eigenvalue weighted by Gasteiger charge is 2.20. The molecule has 6 nitrogen and oxygen atoms in total. The summed E-state index contributed by atoms with van der Waals surface area (Å²) in [6.45, 7) is 3.81. The monoisotopic (exact) mass is 311 g/mol. The van der Waals surface area contributed by atoms with Crippen LogP contribution in [0.25, 0.3) is 0 Å². The molecule has 6 heteroatoms. The lowest BCUT2D eigenvalue weighted by Crippen LogP contribution is -2.34. The van der Waals surface area contributed by atoms with Crippen LogP contribution in [-0.4, -0.2) is 37.1 Å². The predicted octanol–water partition coefficient (Wildman–Crippen LogP) is 1.73. The molecule has 1 rings (SSSR count). The number of carbonyl (C=O) groups is 3. The summed E-state index contributed by atoms with van der Waals surface area (Å²) in [7, 11) is 0. The van der Waals surface area contributed by atoms with E-state index in [4.69, 9.17) is 9.47 Å². The van der Waals surface area contributed by atoms with Gasteiger partial charge in [0.05, 0.1) is 12.6 Å². The van der Waals surface area contributed by atoms with Crippen LogP contribution in [0.3, 0.4) is 0 Å². The van der Waals surface area contributed by atoms with Crippen LogP contribution in [0.2, 0.25) is 0 Å². The van der Waals surface area contributed by atoms with E-state index in [9.17, 15) is 14.4 Å². The highest BCUT2D eigenvalue weighted by Crippen LogP contribution is 2.23. The molecule has 1 aliphatic rings. The maximum absolute atomic E-state index is 11.8. The van der Waals surface area contributed by atoms with Crippen molar-refractivity contribution >= 4 is 17.8 Å². The standard InChI is InChI=1S/C16H25NO5/c1-12(2)22-15(19)9-8-14(18)21-11-10-17-16(20)13-6-4-3-5-7-13/h8-9,12-13H,3-7,10-11H2,1-2H3,(H,17,20)/b9-8+. The van der Waals surface area contributed by atoms with Crippen molar-refractivity contribution in [3.63, 3.8) is 0 Å². The van der Waals surface area contributed by atoms with Gasteiger partial charge in [0.2, 0.25) is 5.91 Å². The van der Waals surface area contributed by atoms with Crippen molar-refractivity contribution < 1.29 is 23.9 Å². The molecule has 0 aromatic carbocycles. The molecule has 0 spiro atoms. The van der Waals surface area contributed by atoms with Gasteiger partial charge < -0.3 is 14.8 Å². The number of ether oxygens (including phenoxy) is 2. The normalized spacial score (nSPS) is 15.8. The molecule has 0 aliphatic heterocycles. The topological polar surface area (TPSA) is 81.7 Å². The number of hydrogen-bond acceptors (Lipinski definition) is 5. The minimum absolute atomic E-state index is 0.0341.